The molecule has 1 saturated heterocycles. The van der Waals surface area contributed by atoms with E-state index in [1.54, 1.807) is 0 Å². The Bertz CT molecular complexity index is 797. The van der Waals surface area contributed by atoms with E-state index < -0.39 is 35.1 Å². The quantitative estimate of drug-likeness (QED) is 0.831. The van der Waals surface area contributed by atoms with Crippen molar-refractivity contribution < 1.29 is 26.5 Å². The van der Waals surface area contributed by atoms with Crippen LogP contribution in [0.25, 0.3) is 11.4 Å². The summed E-state index contributed by atoms with van der Waals surface area (Å²) in [5.74, 6) is -1.92. The Balaban J connectivity index is 1.67. The highest BCUT2D eigenvalue weighted by atomic mass is 19.4. The monoisotopic (exact) mass is 359 g/mol. The van der Waals surface area contributed by atoms with Gasteiger partial charge in [-0.2, -0.15) is 18.2 Å². The first-order chi connectivity index (χ1) is 11.8. The first-order valence-corrected chi connectivity index (χ1v) is 7.88. The normalized spacial score (nSPS) is 25.3. The van der Waals surface area contributed by atoms with Crippen LogP contribution in [-0.2, 0) is 6.18 Å². The molecule has 1 N–H and O–H groups in total. The standard InChI is InChI=1S/C16H14F5N3O/c17-8-1-2-9(10(7-8)16(19,20)21)13-23-14(25-24-13)11-12(18)15(11)3-5-22-6-4-15/h1-2,7,11-12,22H,3-6H2. The molecule has 4 nitrogen and oxygen atoms in total. The van der Waals surface area contributed by atoms with Crippen molar-refractivity contribution in [2.75, 3.05) is 13.1 Å². The molecule has 1 aromatic carbocycles. The summed E-state index contributed by atoms with van der Waals surface area (Å²) in [7, 11) is 0. The number of halogens is 5. The van der Waals surface area contributed by atoms with Crippen molar-refractivity contribution in [1.29, 1.82) is 0 Å². The number of piperidine rings is 1. The zero-order valence-corrected chi connectivity index (χ0v) is 12.9. The minimum absolute atomic E-state index is 0.00171. The molecule has 1 aliphatic carbocycles. The minimum atomic E-state index is -4.77. The molecular weight excluding hydrogens is 345 g/mol. The predicted octanol–water partition coefficient (Wildman–Crippen LogP) is 3.70. The van der Waals surface area contributed by atoms with Crippen LogP contribution in [0.3, 0.4) is 0 Å². The molecule has 2 fully saturated rings. The van der Waals surface area contributed by atoms with E-state index in [2.05, 4.69) is 15.5 Å². The lowest BCUT2D eigenvalue weighted by molar-refractivity contribution is -0.137. The van der Waals surface area contributed by atoms with E-state index in [4.69, 9.17) is 4.52 Å². The third-order valence-electron chi connectivity index (χ3n) is 5.12. The molecule has 4 rings (SSSR count). The van der Waals surface area contributed by atoms with E-state index in [-0.39, 0.29) is 17.3 Å². The van der Waals surface area contributed by atoms with Crippen LogP contribution < -0.4 is 5.32 Å². The summed E-state index contributed by atoms with van der Waals surface area (Å²) >= 11 is 0. The fourth-order valence-electron chi connectivity index (χ4n) is 3.71. The molecule has 9 heteroatoms. The highest BCUT2D eigenvalue weighted by molar-refractivity contribution is 5.61. The highest BCUT2D eigenvalue weighted by Gasteiger charge is 2.68. The minimum Gasteiger partial charge on any atom is -0.339 e. The number of rotatable bonds is 2. The number of hydrogen-bond acceptors (Lipinski definition) is 4. The molecule has 25 heavy (non-hydrogen) atoms. The molecule has 0 radical (unpaired) electrons. The van der Waals surface area contributed by atoms with Gasteiger partial charge >= 0.3 is 6.18 Å². The SMILES string of the molecule is Fc1ccc(-c2noc(C3C(F)C34CCNCC4)n2)c(C(F)(F)F)c1. The van der Waals surface area contributed by atoms with Crippen molar-refractivity contribution in [3.8, 4) is 11.4 Å². The zero-order valence-electron chi connectivity index (χ0n) is 12.9. The van der Waals surface area contributed by atoms with Crippen LogP contribution in [0.5, 0.6) is 0 Å². The Kier molecular flexibility index (Phi) is 3.61. The molecule has 2 atom stereocenters. The summed E-state index contributed by atoms with van der Waals surface area (Å²) < 4.78 is 72.0. The Morgan fingerprint density at radius 3 is 2.60 bits per heavy atom. The van der Waals surface area contributed by atoms with Gasteiger partial charge < -0.3 is 9.84 Å². The van der Waals surface area contributed by atoms with Crippen molar-refractivity contribution in [2.45, 2.75) is 31.1 Å². The van der Waals surface area contributed by atoms with Gasteiger partial charge in [0.25, 0.3) is 0 Å². The fraction of sp³-hybridized carbons (Fsp3) is 0.500. The molecule has 0 amide bonds. The first kappa shape index (κ1) is 16.4. The topological polar surface area (TPSA) is 51.0 Å². The Labute approximate surface area is 139 Å². The third-order valence-corrected chi connectivity index (χ3v) is 5.12. The van der Waals surface area contributed by atoms with E-state index in [1.165, 1.54) is 0 Å². The molecule has 1 aromatic heterocycles. The van der Waals surface area contributed by atoms with Crippen LogP contribution in [0.4, 0.5) is 22.0 Å². The molecule has 1 spiro atoms. The number of hydrogen-bond donors (Lipinski definition) is 1. The lowest BCUT2D eigenvalue weighted by atomic mass is 9.92. The average molecular weight is 359 g/mol. The number of nitrogens with zero attached hydrogens (tertiary/aromatic N) is 2. The fourth-order valence-corrected chi connectivity index (χ4v) is 3.71. The van der Waals surface area contributed by atoms with E-state index in [0.717, 1.165) is 12.1 Å². The smallest absolute Gasteiger partial charge is 0.339 e. The number of nitrogens with one attached hydrogen (secondary N) is 1. The molecule has 0 bridgehead atoms. The van der Waals surface area contributed by atoms with Gasteiger partial charge in [0, 0.05) is 11.0 Å². The molecule has 2 unspecified atom stereocenters. The van der Waals surface area contributed by atoms with Gasteiger partial charge in [-0.25, -0.2) is 8.78 Å². The second-order valence-corrected chi connectivity index (χ2v) is 6.51. The van der Waals surface area contributed by atoms with Gasteiger partial charge in [0.15, 0.2) is 0 Å². The van der Waals surface area contributed by atoms with Crippen LogP contribution in [0.1, 0.15) is 30.2 Å². The van der Waals surface area contributed by atoms with Crippen LogP contribution in [0, 0.1) is 11.2 Å². The Morgan fingerprint density at radius 1 is 1.20 bits per heavy atom. The summed E-state index contributed by atoms with van der Waals surface area (Å²) in [5, 5.41) is 6.71. The van der Waals surface area contributed by atoms with Gasteiger partial charge in [0.05, 0.1) is 11.5 Å². The Morgan fingerprint density at radius 2 is 1.92 bits per heavy atom. The predicted molar refractivity (Wildman–Crippen MR) is 76.9 cm³/mol. The summed E-state index contributed by atoms with van der Waals surface area (Å²) in [6, 6.07) is 2.23. The van der Waals surface area contributed by atoms with Crippen LogP contribution in [0.2, 0.25) is 0 Å². The third kappa shape index (κ3) is 2.61. The van der Waals surface area contributed by atoms with Crippen molar-refractivity contribution >= 4 is 0 Å². The van der Waals surface area contributed by atoms with Crippen LogP contribution in [-0.4, -0.2) is 29.4 Å². The average Bonchev–Trinajstić information content (AvgIpc) is 2.94. The maximum Gasteiger partial charge on any atom is 0.417 e. The maximum atomic E-state index is 14.4. The van der Waals surface area contributed by atoms with Crippen LogP contribution >= 0.6 is 0 Å². The van der Waals surface area contributed by atoms with E-state index in [0.29, 0.717) is 32.0 Å². The Hall–Kier alpha value is -2.03. The molecule has 134 valence electrons. The van der Waals surface area contributed by atoms with Crippen LogP contribution in [0.15, 0.2) is 22.7 Å². The highest BCUT2D eigenvalue weighted by Crippen LogP contribution is 2.65. The molecule has 2 aromatic rings. The van der Waals surface area contributed by atoms with Gasteiger partial charge in [-0.05, 0) is 44.1 Å². The molecule has 1 saturated carbocycles. The summed E-state index contributed by atoms with van der Waals surface area (Å²) in [6.45, 7) is 1.35. The van der Waals surface area contributed by atoms with E-state index in [1.807, 2.05) is 0 Å². The second kappa shape index (κ2) is 5.48. The molecular formula is C16H14F5N3O. The molecule has 2 aliphatic rings. The summed E-state index contributed by atoms with van der Waals surface area (Å²) in [4.78, 5) is 3.99. The van der Waals surface area contributed by atoms with Gasteiger partial charge in [0.2, 0.25) is 11.7 Å². The zero-order chi connectivity index (χ0) is 17.8. The number of alkyl halides is 4. The van der Waals surface area contributed by atoms with Crippen molar-refractivity contribution in [2.24, 2.45) is 5.41 Å². The van der Waals surface area contributed by atoms with Gasteiger partial charge in [-0.3, -0.25) is 0 Å². The van der Waals surface area contributed by atoms with Crippen molar-refractivity contribution in [1.82, 2.24) is 15.5 Å². The van der Waals surface area contributed by atoms with Crippen molar-refractivity contribution in [3.63, 3.8) is 0 Å². The number of benzene rings is 1. The summed E-state index contributed by atoms with van der Waals surface area (Å²) in [6.07, 6.45) is -4.68. The van der Waals surface area contributed by atoms with Gasteiger partial charge in [-0.1, -0.05) is 5.16 Å². The molecule has 2 heterocycles. The van der Waals surface area contributed by atoms with E-state index in [9.17, 15) is 22.0 Å². The molecule has 1 aliphatic heterocycles. The van der Waals surface area contributed by atoms with Crippen molar-refractivity contribution in [3.05, 3.63) is 35.5 Å². The largest absolute Gasteiger partial charge is 0.417 e. The first-order valence-electron chi connectivity index (χ1n) is 7.88. The number of aromatic nitrogens is 2. The van der Waals surface area contributed by atoms with E-state index >= 15 is 0 Å². The van der Waals surface area contributed by atoms with Gasteiger partial charge in [-0.15, -0.1) is 0 Å². The lowest BCUT2D eigenvalue weighted by Gasteiger charge is -2.22. The lowest BCUT2D eigenvalue weighted by Crippen LogP contribution is -2.30. The maximum absolute atomic E-state index is 14.4. The van der Waals surface area contributed by atoms with Gasteiger partial charge in [0.1, 0.15) is 12.0 Å². The second-order valence-electron chi connectivity index (χ2n) is 6.51. The summed E-state index contributed by atoms with van der Waals surface area (Å²) in [5.41, 5.74) is -2.15.